The quantitative estimate of drug-likeness (QED) is 0.484. The van der Waals surface area contributed by atoms with Crippen molar-refractivity contribution in [3.05, 3.63) is 51.9 Å². The fourth-order valence-corrected chi connectivity index (χ4v) is 2.18. The molecule has 0 bridgehead atoms. The van der Waals surface area contributed by atoms with Gasteiger partial charge in [0.1, 0.15) is 11.3 Å². The average Bonchev–Trinajstić information content (AvgIpc) is 2.31. The van der Waals surface area contributed by atoms with Crippen LogP contribution in [0.4, 0.5) is 0 Å². The first-order valence-electron chi connectivity index (χ1n) is 5.73. The van der Waals surface area contributed by atoms with Crippen LogP contribution in [0.25, 0.3) is 21.7 Å². The Hall–Kier alpha value is -2.29. The SMILES string of the molecule is Cc1cc2c(=O)oc3cc(O)ccc3c2cc1C. The van der Waals surface area contributed by atoms with Crippen molar-refractivity contribution in [2.24, 2.45) is 0 Å². The smallest absolute Gasteiger partial charge is 0.344 e. The van der Waals surface area contributed by atoms with Gasteiger partial charge in [-0.25, -0.2) is 4.79 Å². The molecule has 0 amide bonds. The molecular weight excluding hydrogens is 228 g/mol. The van der Waals surface area contributed by atoms with Crippen LogP contribution >= 0.6 is 0 Å². The lowest BCUT2D eigenvalue weighted by Crippen LogP contribution is -2.00. The van der Waals surface area contributed by atoms with Gasteiger partial charge in [-0.1, -0.05) is 6.07 Å². The highest BCUT2D eigenvalue weighted by Gasteiger charge is 2.09. The minimum absolute atomic E-state index is 0.0915. The molecule has 0 spiro atoms. The zero-order valence-electron chi connectivity index (χ0n) is 10.2. The summed E-state index contributed by atoms with van der Waals surface area (Å²) < 4.78 is 5.24. The number of phenolic OH excluding ortho intramolecular Hbond substituents is 1. The highest BCUT2D eigenvalue weighted by molar-refractivity contribution is 6.05. The largest absolute Gasteiger partial charge is 0.508 e. The number of hydrogen-bond acceptors (Lipinski definition) is 3. The maximum absolute atomic E-state index is 11.9. The van der Waals surface area contributed by atoms with E-state index >= 15 is 0 Å². The highest BCUT2D eigenvalue weighted by atomic mass is 16.4. The van der Waals surface area contributed by atoms with Gasteiger partial charge >= 0.3 is 5.63 Å². The topological polar surface area (TPSA) is 50.4 Å². The van der Waals surface area contributed by atoms with Crippen LogP contribution < -0.4 is 5.63 Å². The number of fused-ring (bicyclic) bond motifs is 3. The van der Waals surface area contributed by atoms with Gasteiger partial charge in [-0.3, -0.25) is 0 Å². The summed E-state index contributed by atoms with van der Waals surface area (Å²) >= 11 is 0. The van der Waals surface area contributed by atoms with Gasteiger partial charge in [0, 0.05) is 16.8 Å². The van der Waals surface area contributed by atoms with Gasteiger partial charge in [0.05, 0.1) is 5.39 Å². The van der Waals surface area contributed by atoms with Crippen molar-refractivity contribution < 1.29 is 9.52 Å². The molecule has 3 heteroatoms. The Morgan fingerprint density at radius 3 is 2.33 bits per heavy atom. The average molecular weight is 240 g/mol. The van der Waals surface area contributed by atoms with Crippen molar-refractivity contribution in [1.82, 2.24) is 0 Å². The molecule has 3 aromatic rings. The maximum Gasteiger partial charge on any atom is 0.344 e. The van der Waals surface area contributed by atoms with Crippen molar-refractivity contribution >= 4 is 21.7 Å². The summed E-state index contributed by atoms with van der Waals surface area (Å²) in [5.41, 5.74) is 2.23. The highest BCUT2D eigenvalue weighted by Crippen LogP contribution is 2.27. The van der Waals surface area contributed by atoms with Gasteiger partial charge in [0.25, 0.3) is 0 Å². The molecule has 0 saturated heterocycles. The standard InChI is InChI=1S/C15H12O3/c1-8-5-12-11-4-3-10(16)7-14(11)18-15(17)13(12)6-9(8)2/h3-7,16H,1-2H3. The first-order chi connectivity index (χ1) is 8.56. The Labute approximate surface area is 103 Å². The molecule has 90 valence electrons. The van der Waals surface area contributed by atoms with Crippen LogP contribution in [0.5, 0.6) is 5.75 Å². The molecule has 0 aliphatic carbocycles. The van der Waals surface area contributed by atoms with Crippen molar-refractivity contribution in [1.29, 1.82) is 0 Å². The molecule has 0 atom stereocenters. The van der Waals surface area contributed by atoms with E-state index in [9.17, 15) is 9.90 Å². The minimum Gasteiger partial charge on any atom is -0.508 e. The van der Waals surface area contributed by atoms with E-state index in [1.165, 1.54) is 6.07 Å². The second-order valence-corrected chi connectivity index (χ2v) is 4.55. The Morgan fingerprint density at radius 1 is 0.944 bits per heavy atom. The van der Waals surface area contributed by atoms with Gasteiger partial charge in [0.15, 0.2) is 0 Å². The molecular formula is C15H12O3. The maximum atomic E-state index is 11.9. The van der Waals surface area contributed by atoms with E-state index in [1.807, 2.05) is 26.0 Å². The lowest BCUT2D eigenvalue weighted by molar-refractivity contribution is 0.473. The first-order valence-corrected chi connectivity index (χ1v) is 5.73. The van der Waals surface area contributed by atoms with E-state index in [0.29, 0.717) is 11.0 Å². The van der Waals surface area contributed by atoms with Crippen LogP contribution in [0.2, 0.25) is 0 Å². The molecule has 1 aromatic heterocycles. The summed E-state index contributed by atoms with van der Waals surface area (Å²) in [7, 11) is 0. The van der Waals surface area contributed by atoms with Crippen molar-refractivity contribution in [2.75, 3.05) is 0 Å². The molecule has 1 N–H and O–H groups in total. The van der Waals surface area contributed by atoms with Crippen molar-refractivity contribution in [3.63, 3.8) is 0 Å². The number of aryl methyl sites for hydroxylation is 2. The molecule has 0 radical (unpaired) electrons. The molecule has 3 nitrogen and oxygen atoms in total. The van der Waals surface area contributed by atoms with Crippen molar-refractivity contribution in [2.45, 2.75) is 13.8 Å². The van der Waals surface area contributed by atoms with Gasteiger partial charge in [-0.2, -0.15) is 0 Å². The zero-order valence-corrected chi connectivity index (χ0v) is 10.2. The summed E-state index contributed by atoms with van der Waals surface area (Å²) in [6, 6.07) is 8.66. The number of rotatable bonds is 0. The fraction of sp³-hybridized carbons (Fsp3) is 0.133. The normalized spacial score (nSPS) is 11.2. The minimum atomic E-state index is -0.369. The van der Waals surface area contributed by atoms with E-state index < -0.39 is 0 Å². The van der Waals surface area contributed by atoms with Gasteiger partial charge in [-0.15, -0.1) is 0 Å². The Morgan fingerprint density at radius 2 is 1.61 bits per heavy atom. The summed E-state index contributed by atoms with van der Waals surface area (Å²) in [4.78, 5) is 11.9. The second kappa shape index (κ2) is 3.60. The summed E-state index contributed by atoms with van der Waals surface area (Å²) in [6.45, 7) is 3.98. The van der Waals surface area contributed by atoms with Gasteiger partial charge in [0.2, 0.25) is 0 Å². The second-order valence-electron chi connectivity index (χ2n) is 4.55. The van der Waals surface area contributed by atoms with Gasteiger partial charge < -0.3 is 9.52 Å². The molecule has 0 fully saturated rings. The van der Waals surface area contributed by atoms with Crippen LogP contribution in [0, 0.1) is 13.8 Å². The third-order valence-electron chi connectivity index (χ3n) is 3.31. The molecule has 0 aliphatic rings. The number of benzene rings is 2. The Kier molecular flexibility index (Phi) is 2.17. The lowest BCUT2D eigenvalue weighted by Gasteiger charge is -2.06. The van der Waals surface area contributed by atoms with Gasteiger partial charge in [-0.05, 0) is 43.2 Å². The molecule has 0 unspecified atom stereocenters. The number of aromatic hydroxyl groups is 1. The van der Waals surface area contributed by atoms with Crippen LogP contribution in [0.15, 0.2) is 39.5 Å². The number of phenols is 1. The molecule has 3 rings (SSSR count). The van der Waals surface area contributed by atoms with Crippen molar-refractivity contribution in [3.8, 4) is 5.75 Å². The predicted molar refractivity (Wildman–Crippen MR) is 71.1 cm³/mol. The monoisotopic (exact) mass is 240 g/mol. The van der Waals surface area contributed by atoms with E-state index in [-0.39, 0.29) is 11.4 Å². The molecule has 1 heterocycles. The molecule has 0 saturated carbocycles. The van der Waals surface area contributed by atoms with E-state index in [0.717, 1.165) is 21.9 Å². The van der Waals surface area contributed by atoms with Crippen LogP contribution in [-0.4, -0.2) is 5.11 Å². The Bertz CT molecular complexity index is 828. The third-order valence-corrected chi connectivity index (χ3v) is 3.31. The van der Waals surface area contributed by atoms with E-state index in [4.69, 9.17) is 4.42 Å². The summed E-state index contributed by atoms with van der Waals surface area (Å²) in [5, 5.41) is 11.7. The molecule has 2 aromatic carbocycles. The predicted octanol–water partition coefficient (Wildman–Crippen LogP) is 3.27. The van der Waals surface area contributed by atoms with E-state index in [2.05, 4.69) is 0 Å². The molecule has 18 heavy (non-hydrogen) atoms. The zero-order chi connectivity index (χ0) is 12.9. The van der Waals surface area contributed by atoms with Crippen LogP contribution in [0.3, 0.4) is 0 Å². The Balaban J connectivity index is 2.61. The molecule has 0 aliphatic heterocycles. The van der Waals surface area contributed by atoms with E-state index in [1.54, 1.807) is 12.1 Å². The first kappa shape index (κ1) is 10.8. The summed E-state index contributed by atoms with van der Waals surface area (Å²) in [5.74, 6) is 0.0915. The van der Waals surface area contributed by atoms with Crippen LogP contribution in [-0.2, 0) is 0 Å². The summed E-state index contributed by atoms with van der Waals surface area (Å²) in [6.07, 6.45) is 0. The van der Waals surface area contributed by atoms with Crippen LogP contribution in [0.1, 0.15) is 11.1 Å². The lowest BCUT2D eigenvalue weighted by atomic mass is 10.0. The fourth-order valence-electron chi connectivity index (χ4n) is 2.18. The number of hydrogen-bond donors (Lipinski definition) is 1. The third kappa shape index (κ3) is 1.48.